The Kier molecular flexibility index (Phi) is 9.65. The summed E-state index contributed by atoms with van der Waals surface area (Å²) in [5.41, 5.74) is 0.334. The number of nitrogens with one attached hydrogen (secondary N) is 1. The molecule has 0 saturated heterocycles. The van der Waals surface area contributed by atoms with Crippen LogP contribution in [0.4, 0.5) is 5.95 Å². The van der Waals surface area contributed by atoms with Crippen molar-refractivity contribution in [3.63, 3.8) is 0 Å². The van der Waals surface area contributed by atoms with Gasteiger partial charge in [0.25, 0.3) is 0 Å². The fourth-order valence-electron chi connectivity index (χ4n) is 3.08. The van der Waals surface area contributed by atoms with Crippen molar-refractivity contribution in [3.8, 4) is 17.4 Å². The molecule has 3 heterocycles. The van der Waals surface area contributed by atoms with Gasteiger partial charge in [-0.1, -0.05) is 18.5 Å². The quantitative estimate of drug-likeness (QED) is 0.309. The molecule has 3 aromatic heterocycles. The maximum Gasteiger partial charge on any atom is 0.245 e. The summed E-state index contributed by atoms with van der Waals surface area (Å²) in [7, 11) is 1.30. The van der Waals surface area contributed by atoms with Crippen molar-refractivity contribution in [1.29, 1.82) is 0 Å². The standard InChI is InChI=1S/C20H27ClN8O5S/c1-12(17-22-9-14(21)10-23-17)13(2)35(31)28-20-27-26-15(5-7-34-8-6-30)29(20)16-18(32-3)24-11-25-19(16)33-4/h9-13,30H,5-8H2,1-4H3,(H,27,28). The average molecular weight is 527 g/mol. The van der Waals surface area contributed by atoms with E-state index in [4.69, 9.17) is 30.9 Å². The molecule has 0 bridgehead atoms. The highest BCUT2D eigenvalue weighted by Crippen LogP contribution is 2.32. The first-order chi connectivity index (χ1) is 16.9. The number of halogens is 1. The monoisotopic (exact) mass is 526 g/mol. The molecule has 3 atom stereocenters. The highest BCUT2D eigenvalue weighted by atomic mass is 35.5. The first kappa shape index (κ1) is 26.7. The van der Waals surface area contributed by atoms with Gasteiger partial charge in [-0.15, -0.1) is 10.2 Å². The predicted octanol–water partition coefficient (Wildman–Crippen LogP) is 1.34. The molecule has 15 heteroatoms. The topological polar surface area (TPSA) is 159 Å². The molecule has 0 aromatic carbocycles. The van der Waals surface area contributed by atoms with Crippen LogP contribution in [0.2, 0.25) is 5.02 Å². The summed E-state index contributed by atoms with van der Waals surface area (Å²) in [4.78, 5) is 16.8. The lowest BCUT2D eigenvalue weighted by Crippen LogP contribution is -2.26. The molecule has 0 radical (unpaired) electrons. The number of aliphatic hydroxyl groups is 1. The number of aromatic nitrogens is 7. The molecule has 35 heavy (non-hydrogen) atoms. The lowest BCUT2D eigenvalue weighted by Gasteiger charge is -2.20. The molecule has 3 unspecified atom stereocenters. The van der Waals surface area contributed by atoms with Crippen molar-refractivity contribution in [2.45, 2.75) is 31.4 Å². The molecule has 2 N–H and O–H groups in total. The average Bonchev–Trinajstić information content (AvgIpc) is 3.27. The van der Waals surface area contributed by atoms with Crippen molar-refractivity contribution >= 4 is 28.5 Å². The van der Waals surface area contributed by atoms with Gasteiger partial charge in [-0.25, -0.2) is 14.2 Å². The Balaban J connectivity index is 1.94. The predicted molar refractivity (Wildman–Crippen MR) is 128 cm³/mol. The van der Waals surface area contributed by atoms with E-state index in [1.807, 2.05) is 13.8 Å². The van der Waals surface area contributed by atoms with Gasteiger partial charge in [0, 0.05) is 24.7 Å². The molecular formula is C20H27ClN8O5S. The van der Waals surface area contributed by atoms with E-state index < -0.39 is 16.2 Å². The van der Waals surface area contributed by atoms with Gasteiger partial charge in [0.05, 0.1) is 44.3 Å². The van der Waals surface area contributed by atoms with Crippen molar-refractivity contribution in [3.05, 3.63) is 35.4 Å². The van der Waals surface area contributed by atoms with E-state index in [9.17, 15) is 4.21 Å². The van der Waals surface area contributed by atoms with Crippen LogP contribution in [0, 0.1) is 0 Å². The fraction of sp³-hybridized carbons (Fsp3) is 0.500. The zero-order valence-electron chi connectivity index (χ0n) is 19.7. The molecule has 3 rings (SSSR count). The van der Waals surface area contributed by atoms with Crippen LogP contribution in [-0.4, -0.2) is 83.3 Å². The molecule has 0 fully saturated rings. The molecule has 0 aliphatic heterocycles. The third-order valence-electron chi connectivity index (χ3n) is 5.08. The molecule has 190 valence electrons. The second-order valence-corrected chi connectivity index (χ2v) is 9.23. The van der Waals surface area contributed by atoms with E-state index in [1.54, 1.807) is 4.57 Å². The van der Waals surface area contributed by atoms with Gasteiger partial charge in [-0.3, -0.25) is 9.29 Å². The molecular weight excluding hydrogens is 500 g/mol. The number of methoxy groups -OCH3 is 2. The maximum absolute atomic E-state index is 13.3. The molecule has 13 nitrogen and oxygen atoms in total. The van der Waals surface area contributed by atoms with Crippen molar-refractivity contribution < 1.29 is 23.5 Å². The minimum Gasteiger partial charge on any atom is -0.479 e. The van der Waals surface area contributed by atoms with Crippen LogP contribution < -0.4 is 14.2 Å². The van der Waals surface area contributed by atoms with E-state index in [0.717, 1.165) is 0 Å². The Morgan fingerprint density at radius 3 is 2.34 bits per heavy atom. The Hall–Kier alpha value is -2.94. The van der Waals surface area contributed by atoms with E-state index >= 15 is 0 Å². The van der Waals surface area contributed by atoms with Gasteiger partial charge >= 0.3 is 0 Å². The Bertz CT molecular complexity index is 1110. The number of nitrogens with zero attached hydrogens (tertiary/aromatic N) is 7. The summed E-state index contributed by atoms with van der Waals surface area (Å²) in [5, 5.41) is 17.4. The van der Waals surface area contributed by atoms with E-state index in [0.29, 0.717) is 28.8 Å². The third-order valence-corrected chi connectivity index (χ3v) is 6.74. The second kappa shape index (κ2) is 12.7. The molecule has 0 saturated carbocycles. The number of rotatable bonds is 13. The van der Waals surface area contributed by atoms with Crippen LogP contribution in [0.1, 0.15) is 31.4 Å². The highest BCUT2D eigenvalue weighted by Gasteiger charge is 2.27. The van der Waals surface area contributed by atoms with Crippen LogP contribution in [-0.2, 0) is 22.1 Å². The fourth-order valence-corrected chi connectivity index (χ4v) is 4.17. The summed E-state index contributed by atoms with van der Waals surface area (Å²) in [5.74, 6) is 1.30. The smallest absolute Gasteiger partial charge is 0.245 e. The number of aliphatic hydroxyl groups excluding tert-OH is 1. The van der Waals surface area contributed by atoms with Crippen LogP contribution in [0.5, 0.6) is 11.8 Å². The van der Waals surface area contributed by atoms with Gasteiger partial charge in [0.2, 0.25) is 17.7 Å². The lowest BCUT2D eigenvalue weighted by atomic mass is 10.1. The first-order valence-electron chi connectivity index (χ1n) is 10.6. The van der Waals surface area contributed by atoms with Crippen LogP contribution in [0.3, 0.4) is 0 Å². The normalized spacial score (nSPS) is 13.8. The number of hydrogen-bond donors (Lipinski definition) is 2. The maximum atomic E-state index is 13.3. The summed E-state index contributed by atoms with van der Waals surface area (Å²) in [6.45, 7) is 4.04. The largest absolute Gasteiger partial charge is 0.479 e. The minimum absolute atomic E-state index is 0.0972. The number of ether oxygens (including phenoxy) is 3. The Labute approximate surface area is 209 Å². The second-order valence-electron chi connectivity index (χ2n) is 7.25. The third kappa shape index (κ3) is 6.39. The lowest BCUT2D eigenvalue weighted by molar-refractivity contribution is 0.0934. The van der Waals surface area contributed by atoms with Gasteiger partial charge in [-0.2, -0.15) is 9.97 Å². The van der Waals surface area contributed by atoms with Gasteiger partial charge in [0.1, 0.15) is 29.0 Å². The Morgan fingerprint density at radius 2 is 1.74 bits per heavy atom. The van der Waals surface area contributed by atoms with Crippen LogP contribution in [0.25, 0.3) is 5.69 Å². The van der Waals surface area contributed by atoms with E-state index in [2.05, 4.69) is 34.9 Å². The first-order valence-corrected chi connectivity index (χ1v) is 12.2. The van der Waals surface area contributed by atoms with Gasteiger partial charge < -0.3 is 19.3 Å². The molecule has 0 amide bonds. The molecule has 0 aliphatic carbocycles. The van der Waals surface area contributed by atoms with Crippen molar-refractivity contribution in [1.82, 2.24) is 34.7 Å². The highest BCUT2D eigenvalue weighted by molar-refractivity contribution is 7.87. The van der Waals surface area contributed by atoms with Gasteiger partial charge in [-0.05, 0) is 6.92 Å². The molecule has 3 aromatic rings. The number of hydrogen-bond acceptors (Lipinski definition) is 11. The summed E-state index contributed by atoms with van der Waals surface area (Å²) in [6.07, 6.45) is 4.63. The minimum atomic E-state index is -1.62. The van der Waals surface area contributed by atoms with E-state index in [1.165, 1.54) is 32.9 Å². The zero-order chi connectivity index (χ0) is 25.4. The number of anilines is 1. The molecule has 0 aliphatic rings. The summed E-state index contributed by atoms with van der Waals surface area (Å²) >= 11 is 5.88. The van der Waals surface area contributed by atoms with Crippen LogP contribution in [0.15, 0.2) is 18.7 Å². The summed E-state index contributed by atoms with van der Waals surface area (Å²) in [6, 6.07) is 0. The van der Waals surface area contributed by atoms with E-state index in [-0.39, 0.29) is 43.4 Å². The zero-order valence-corrected chi connectivity index (χ0v) is 21.3. The van der Waals surface area contributed by atoms with Crippen LogP contribution >= 0.6 is 11.6 Å². The van der Waals surface area contributed by atoms with Crippen molar-refractivity contribution in [2.24, 2.45) is 0 Å². The Morgan fingerprint density at radius 1 is 1.09 bits per heavy atom. The molecule has 0 spiro atoms. The summed E-state index contributed by atoms with van der Waals surface area (Å²) < 4.78 is 34.0. The SMILES string of the molecule is COc1ncnc(OC)c1-n1c(CCOCCO)nnc1NS(=O)C(C)C(C)c1ncc(Cl)cn1. The van der Waals surface area contributed by atoms with Gasteiger partial charge in [0.15, 0.2) is 5.69 Å². The van der Waals surface area contributed by atoms with Crippen molar-refractivity contribution in [2.75, 3.05) is 38.8 Å².